The minimum Gasteiger partial charge on any atom is -0.550 e. The fourth-order valence-electron chi connectivity index (χ4n) is 0. The van der Waals surface area contributed by atoms with Crippen molar-refractivity contribution in [3.8, 4) is 0 Å². The van der Waals surface area contributed by atoms with Crippen LogP contribution in [0.4, 0.5) is 0 Å². The summed E-state index contributed by atoms with van der Waals surface area (Å²) in [5.41, 5.74) is 0. The predicted octanol–water partition coefficient (Wildman–Crippen LogP) is -1.60. The van der Waals surface area contributed by atoms with E-state index in [1.165, 1.54) is 0 Å². The van der Waals surface area contributed by atoms with Crippen molar-refractivity contribution in [3.05, 3.63) is 0 Å². The maximum Gasteiger partial charge on any atom is 2.00 e. The Hall–Kier alpha value is 0.200. The molecule has 0 radical (unpaired) electrons. The van der Waals surface area contributed by atoms with Crippen molar-refractivity contribution in [2.45, 2.75) is 27.7 Å². The van der Waals surface area contributed by atoms with Crippen molar-refractivity contribution in [2.24, 2.45) is 11.8 Å². The molecule has 0 bridgehead atoms. The third-order valence-electron chi connectivity index (χ3n) is 0.943. The number of carboxylic acids is 2. The molecule has 0 saturated heterocycles. The molecule has 0 amide bonds. The zero-order chi connectivity index (χ0) is 10.3. The fraction of sp³-hybridized carbons (Fsp3) is 0.750. The van der Waals surface area contributed by atoms with Gasteiger partial charge in [0.25, 0.3) is 0 Å². The van der Waals surface area contributed by atoms with Crippen molar-refractivity contribution < 1.29 is 19.8 Å². The van der Waals surface area contributed by atoms with Gasteiger partial charge in [-0.3, -0.25) is 0 Å². The Morgan fingerprint density at radius 2 is 0.923 bits per heavy atom. The summed E-state index contributed by atoms with van der Waals surface area (Å²) >= 11 is 0. The van der Waals surface area contributed by atoms with Crippen LogP contribution in [0.2, 0.25) is 0 Å². The van der Waals surface area contributed by atoms with Crippen LogP contribution < -0.4 is 10.2 Å². The van der Waals surface area contributed by atoms with Gasteiger partial charge in [0.15, 0.2) is 0 Å². The van der Waals surface area contributed by atoms with Gasteiger partial charge in [-0.25, -0.2) is 0 Å². The molecule has 72 valence electrons. The van der Waals surface area contributed by atoms with E-state index in [9.17, 15) is 19.8 Å². The first-order valence-electron chi connectivity index (χ1n) is 3.70. The molecule has 0 fully saturated rings. The van der Waals surface area contributed by atoms with Crippen LogP contribution in [0.5, 0.6) is 0 Å². The molecule has 0 aromatic carbocycles. The number of carboxylic acid groups (broad SMARTS) is 2. The van der Waals surface area contributed by atoms with Gasteiger partial charge in [0, 0.05) is 11.9 Å². The molecule has 0 N–H and O–H groups in total. The minimum atomic E-state index is -0.991. The molecule has 0 atom stereocenters. The Labute approximate surface area is 108 Å². The van der Waals surface area contributed by atoms with E-state index in [1.807, 2.05) is 0 Å². The second-order valence-corrected chi connectivity index (χ2v) is 2.95. The summed E-state index contributed by atoms with van der Waals surface area (Å²) in [5, 5.41) is 19.2. The first kappa shape index (κ1) is 18.9. The van der Waals surface area contributed by atoms with Gasteiger partial charge in [-0.05, 0) is 11.8 Å². The number of carbonyl (C=O) groups is 2. The second-order valence-electron chi connectivity index (χ2n) is 2.95. The zero-order valence-electron chi connectivity index (χ0n) is 8.49. The van der Waals surface area contributed by atoms with Gasteiger partial charge in [-0.2, -0.15) is 0 Å². The van der Waals surface area contributed by atoms with Crippen LogP contribution in [0, 0.1) is 11.8 Å². The molecule has 13 heavy (non-hydrogen) atoms. The summed E-state index contributed by atoms with van der Waals surface area (Å²) in [6.45, 7) is 6.31. The number of aliphatic carboxylic acids is 2. The second kappa shape index (κ2) is 10.3. The molecular formula is C8H14CaO4. The van der Waals surface area contributed by atoms with Gasteiger partial charge in [0.1, 0.15) is 0 Å². The van der Waals surface area contributed by atoms with Gasteiger partial charge in [0.2, 0.25) is 0 Å². The molecule has 0 aliphatic rings. The smallest absolute Gasteiger partial charge is 0.550 e. The van der Waals surface area contributed by atoms with Crippen molar-refractivity contribution in [2.75, 3.05) is 0 Å². The Bertz CT molecular complexity index is 136. The standard InChI is InChI=1S/2C4H8O2.Ca/c2*1-3(2)4(5)6;/h2*3H,1-2H3,(H,5,6);/q;;+2/p-2. The maximum absolute atomic E-state index is 9.59. The normalized spacial score (nSPS) is 8.46. The van der Waals surface area contributed by atoms with Crippen LogP contribution in [0.25, 0.3) is 0 Å². The Morgan fingerprint density at radius 1 is 0.846 bits per heavy atom. The summed E-state index contributed by atoms with van der Waals surface area (Å²) in [5.74, 6) is -2.67. The molecule has 0 aliphatic carbocycles. The summed E-state index contributed by atoms with van der Waals surface area (Å²) < 4.78 is 0. The molecule has 0 aliphatic heterocycles. The van der Waals surface area contributed by atoms with E-state index in [1.54, 1.807) is 27.7 Å². The van der Waals surface area contributed by atoms with Crippen molar-refractivity contribution in [1.29, 1.82) is 0 Å². The summed E-state index contributed by atoms with van der Waals surface area (Å²) in [6.07, 6.45) is 0. The van der Waals surface area contributed by atoms with E-state index in [-0.39, 0.29) is 49.6 Å². The van der Waals surface area contributed by atoms with Gasteiger partial charge >= 0.3 is 37.7 Å². The maximum atomic E-state index is 9.59. The number of hydrogen-bond donors (Lipinski definition) is 0. The molecule has 0 rings (SSSR count). The van der Waals surface area contributed by atoms with Crippen LogP contribution >= 0.6 is 0 Å². The molecule has 5 heteroatoms. The summed E-state index contributed by atoms with van der Waals surface area (Å²) in [4.78, 5) is 19.2. The van der Waals surface area contributed by atoms with Crippen LogP contribution in [-0.4, -0.2) is 49.7 Å². The third-order valence-corrected chi connectivity index (χ3v) is 0.943. The van der Waals surface area contributed by atoms with E-state index in [4.69, 9.17) is 0 Å². The molecular weight excluding hydrogens is 200 g/mol. The van der Waals surface area contributed by atoms with Crippen LogP contribution in [0.15, 0.2) is 0 Å². The SMILES string of the molecule is CC(C)C(=O)[O-].CC(C)C(=O)[O-].[Ca+2]. The van der Waals surface area contributed by atoms with Gasteiger partial charge in [0.05, 0.1) is 0 Å². The first-order chi connectivity index (χ1) is 5.29. The van der Waals surface area contributed by atoms with E-state index in [2.05, 4.69) is 0 Å². The largest absolute Gasteiger partial charge is 2.00 e. The molecule has 0 aromatic heterocycles. The van der Waals surface area contributed by atoms with Gasteiger partial charge in [-0.15, -0.1) is 0 Å². The summed E-state index contributed by atoms with van der Waals surface area (Å²) in [7, 11) is 0. The van der Waals surface area contributed by atoms with Crippen LogP contribution in [0.3, 0.4) is 0 Å². The Balaban J connectivity index is -0.000000143. The van der Waals surface area contributed by atoms with E-state index in [0.29, 0.717) is 0 Å². The topological polar surface area (TPSA) is 80.3 Å². The Morgan fingerprint density at radius 3 is 0.923 bits per heavy atom. The van der Waals surface area contributed by atoms with Crippen molar-refractivity contribution >= 4 is 49.7 Å². The molecule has 0 saturated carbocycles. The molecule has 0 spiro atoms. The third kappa shape index (κ3) is 18.9. The van der Waals surface area contributed by atoms with Gasteiger partial charge < -0.3 is 19.8 Å². The van der Waals surface area contributed by atoms with Crippen molar-refractivity contribution in [1.82, 2.24) is 0 Å². The average molecular weight is 214 g/mol. The van der Waals surface area contributed by atoms with Crippen LogP contribution in [0.1, 0.15) is 27.7 Å². The number of carbonyl (C=O) groups excluding carboxylic acids is 2. The fourth-order valence-corrected chi connectivity index (χ4v) is 0. The van der Waals surface area contributed by atoms with Crippen LogP contribution in [-0.2, 0) is 9.59 Å². The molecule has 0 heterocycles. The molecule has 4 nitrogen and oxygen atoms in total. The number of hydrogen-bond acceptors (Lipinski definition) is 4. The van der Waals surface area contributed by atoms with E-state index >= 15 is 0 Å². The van der Waals surface area contributed by atoms with Gasteiger partial charge in [-0.1, -0.05) is 27.7 Å². The monoisotopic (exact) mass is 214 g/mol. The molecule has 0 aromatic rings. The number of rotatable bonds is 2. The predicted molar refractivity (Wildman–Crippen MR) is 45.4 cm³/mol. The van der Waals surface area contributed by atoms with E-state index < -0.39 is 11.9 Å². The average Bonchev–Trinajstić information content (AvgIpc) is 1.88. The van der Waals surface area contributed by atoms with Crippen molar-refractivity contribution in [3.63, 3.8) is 0 Å². The quantitative estimate of drug-likeness (QED) is 0.519. The molecule has 0 unspecified atom stereocenters. The first-order valence-corrected chi connectivity index (χ1v) is 3.70. The zero-order valence-corrected chi connectivity index (χ0v) is 10.7. The summed E-state index contributed by atoms with van der Waals surface area (Å²) in [6, 6.07) is 0. The van der Waals surface area contributed by atoms with E-state index in [0.717, 1.165) is 0 Å². The minimum absolute atomic E-state index is 0. The Kier molecular flexibility index (Phi) is 14.9.